The zero-order valence-corrected chi connectivity index (χ0v) is 17.4. The maximum atomic E-state index is 12.8. The molecule has 3 rings (SSSR count). The van der Waals surface area contributed by atoms with E-state index in [1.54, 1.807) is 0 Å². The van der Waals surface area contributed by atoms with Crippen LogP contribution < -0.4 is 0 Å². The largest absolute Gasteiger partial charge is 0.463 e. The van der Waals surface area contributed by atoms with Gasteiger partial charge in [-0.25, -0.2) is 0 Å². The molecule has 0 aromatic carbocycles. The van der Waals surface area contributed by atoms with Gasteiger partial charge in [0.2, 0.25) is 0 Å². The van der Waals surface area contributed by atoms with E-state index in [9.17, 15) is 4.79 Å². The molecule has 6 unspecified atom stereocenters. The SMILES string of the molecule is CC(C)=CC(C)(C(=O)OCCOC1CC2CC1C1C=CCC21)C(C)(C)C. The number of fused-ring (bicyclic) bond motifs is 5. The fraction of sp³-hybridized carbons (Fsp3) is 0.783. The Balaban J connectivity index is 1.48. The third-order valence-electron chi connectivity index (χ3n) is 7.16. The van der Waals surface area contributed by atoms with Gasteiger partial charge < -0.3 is 9.47 Å². The second kappa shape index (κ2) is 7.14. The monoisotopic (exact) mass is 360 g/mol. The molecular formula is C23H36O3. The third kappa shape index (κ3) is 3.52. The summed E-state index contributed by atoms with van der Waals surface area (Å²) in [5, 5.41) is 0. The van der Waals surface area contributed by atoms with Gasteiger partial charge in [-0.3, -0.25) is 4.79 Å². The Bertz CT molecular complexity index is 593. The molecule has 0 spiro atoms. The van der Waals surface area contributed by atoms with Crippen molar-refractivity contribution in [3.63, 3.8) is 0 Å². The molecule has 6 atom stereocenters. The van der Waals surface area contributed by atoms with Gasteiger partial charge >= 0.3 is 5.97 Å². The van der Waals surface area contributed by atoms with Crippen LogP contribution in [0, 0.1) is 34.5 Å². The van der Waals surface area contributed by atoms with Crippen molar-refractivity contribution in [3.05, 3.63) is 23.8 Å². The van der Waals surface area contributed by atoms with E-state index in [0.29, 0.717) is 25.2 Å². The van der Waals surface area contributed by atoms with Crippen molar-refractivity contribution in [1.82, 2.24) is 0 Å². The molecule has 3 aliphatic rings. The molecule has 2 fully saturated rings. The first-order valence-electron chi connectivity index (χ1n) is 10.2. The Morgan fingerprint density at radius 2 is 1.85 bits per heavy atom. The molecular weight excluding hydrogens is 324 g/mol. The summed E-state index contributed by atoms with van der Waals surface area (Å²) in [5.41, 5.74) is 0.313. The first kappa shape index (κ1) is 19.7. The number of carbonyl (C=O) groups excluding carboxylic acids is 1. The third-order valence-corrected chi connectivity index (χ3v) is 7.16. The first-order valence-corrected chi connectivity index (χ1v) is 10.2. The number of hydrogen-bond donors (Lipinski definition) is 0. The lowest BCUT2D eigenvalue weighted by molar-refractivity contribution is -0.160. The van der Waals surface area contributed by atoms with Crippen molar-refractivity contribution in [2.24, 2.45) is 34.5 Å². The van der Waals surface area contributed by atoms with Crippen LogP contribution in [-0.4, -0.2) is 25.3 Å². The number of hydrogen-bond acceptors (Lipinski definition) is 3. The molecule has 0 aromatic rings. The van der Waals surface area contributed by atoms with Gasteiger partial charge in [-0.05, 0) is 69.1 Å². The van der Waals surface area contributed by atoms with E-state index in [0.717, 1.165) is 23.3 Å². The summed E-state index contributed by atoms with van der Waals surface area (Å²) in [6.07, 6.45) is 11.0. The van der Waals surface area contributed by atoms with Crippen LogP contribution in [-0.2, 0) is 14.3 Å². The average molecular weight is 361 g/mol. The van der Waals surface area contributed by atoms with Crippen LogP contribution in [0.5, 0.6) is 0 Å². The lowest BCUT2D eigenvalue weighted by Crippen LogP contribution is -2.41. The number of allylic oxidation sites excluding steroid dienone is 3. The smallest absolute Gasteiger partial charge is 0.316 e. The summed E-state index contributed by atoms with van der Waals surface area (Å²) in [4.78, 5) is 12.8. The molecule has 26 heavy (non-hydrogen) atoms. The summed E-state index contributed by atoms with van der Waals surface area (Å²) in [6, 6.07) is 0. The quantitative estimate of drug-likeness (QED) is 0.372. The number of esters is 1. The zero-order chi connectivity index (χ0) is 19.1. The lowest BCUT2D eigenvalue weighted by Gasteiger charge is -2.37. The highest BCUT2D eigenvalue weighted by molar-refractivity contribution is 5.79. The van der Waals surface area contributed by atoms with Gasteiger partial charge in [-0.1, -0.05) is 44.6 Å². The predicted molar refractivity (Wildman–Crippen MR) is 105 cm³/mol. The molecule has 3 heteroatoms. The van der Waals surface area contributed by atoms with Crippen LogP contribution in [0.3, 0.4) is 0 Å². The van der Waals surface area contributed by atoms with Crippen LogP contribution in [0.4, 0.5) is 0 Å². The first-order chi connectivity index (χ1) is 12.1. The molecule has 3 nitrogen and oxygen atoms in total. The summed E-state index contributed by atoms with van der Waals surface area (Å²) < 4.78 is 11.8. The van der Waals surface area contributed by atoms with Crippen LogP contribution in [0.15, 0.2) is 23.8 Å². The van der Waals surface area contributed by atoms with Crippen LogP contribution in [0.1, 0.15) is 60.8 Å². The summed E-state index contributed by atoms with van der Waals surface area (Å²) in [7, 11) is 0. The Kier molecular flexibility index (Phi) is 5.40. The number of carbonyl (C=O) groups is 1. The van der Waals surface area contributed by atoms with Gasteiger partial charge in [0.15, 0.2) is 0 Å². The van der Waals surface area contributed by atoms with E-state index >= 15 is 0 Å². The zero-order valence-electron chi connectivity index (χ0n) is 17.4. The molecule has 0 saturated heterocycles. The minimum absolute atomic E-state index is 0.151. The Hall–Kier alpha value is -1.09. The standard InChI is InChI=1S/C23H36O3/c1-15(2)14-23(6,22(3,4)5)21(24)26-11-10-25-20-13-16-12-19(20)18-9-7-8-17(16)18/h7,9,14,16-20H,8,10-13H2,1-6H3. The molecule has 0 N–H and O–H groups in total. The maximum Gasteiger partial charge on any atom is 0.316 e. The van der Waals surface area contributed by atoms with E-state index in [2.05, 4.69) is 32.9 Å². The van der Waals surface area contributed by atoms with Gasteiger partial charge in [-0.2, -0.15) is 0 Å². The fourth-order valence-electron chi connectivity index (χ4n) is 5.32. The minimum atomic E-state index is -0.625. The molecule has 0 aromatic heterocycles. The van der Waals surface area contributed by atoms with Crippen LogP contribution in [0.25, 0.3) is 0 Å². The molecule has 2 saturated carbocycles. The van der Waals surface area contributed by atoms with Gasteiger partial charge in [-0.15, -0.1) is 0 Å². The Labute approximate surface area is 159 Å². The van der Waals surface area contributed by atoms with Crippen molar-refractivity contribution in [2.75, 3.05) is 13.2 Å². The van der Waals surface area contributed by atoms with Crippen LogP contribution in [0.2, 0.25) is 0 Å². The summed E-state index contributed by atoms with van der Waals surface area (Å²) >= 11 is 0. The topological polar surface area (TPSA) is 35.5 Å². The van der Waals surface area contributed by atoms with E-state index in [-0.39, 0.29) is 11.4 Å². The van der Waals surface area contributed by atoms with E-state index < -0.39 is 5.41 Å². The molecule has 0 amide bonds. The highest BCUT2D eigenvalue weighted by Gasteiger charge is 2.52. The number of ether oxygens (including phenoxy) is 2. The normalized spacial score (nSPS) is 34.5. The minimum Gasteiger partial charge on any atom is -0.463 e. The molecule has 2 bridgehead atoms. The van der Waals surface area contributed by atoms with Crippen molar-refractivity contribution < 1.29 is 14.3 Å². The molecule has 0 aliphatic heterocycles. The lowest BCUT2D eigenvalue weighted by atomic mass is 9.67. The second-order valence-corrected chi connectivity index (χ2v) is 10.0. The highest BCUT2D eigenvalue weighted by atomic mass is 16.6. The van der Waals surface area contributed by atoms with Gasteiger partial charge in [0.05, 0.1) is 18.1 Å². The molecule has 3 aliphatic carbocycles. The van der Waals surface area contributed by atoms with Crippen molar-refractivity contribution in [2.45, 2.75) is 66.9 Å². The number of rotatable bonds is 6. The van der Waals surface area contributed by atoms with E-state index in [4.69, 9.17) is 9.47 Å². The van der Waals surface area contributed by atoms with E-state index in [1.807, 2.05) is 26.8 Å². The van der Waals surface area contributed by atoms with Gasteiger partial charge in [0.1, 0.15) is 6.61 Å². The molecule has 146 valence electrons. The second-order valence-electron chi connectivity index (χ2n) is 10.0. The highest BCUT2D eigenvalue weighted by Crippen LogP contribution is 2.57. The maximum absolute atomic E-state index is 12.8. The van der Waals surface area contributed by atoms with Crippen molar-refractivity contribution in [3.8, 4) is 0 Å². The van der Waals surface area contributed by atoms with Crippen molar-refractivity contribution >= 4 is 5.97 Å². The fourth-order valence-corrected chi connectivity index (χ4v) is 5.32. The Morgan fingerprint density at radius 3 is 2.50 bits per heavy atom. The average Bonchev–Trinajstić information content (AvgIpc) is 3.21. The van der Waals surface area contributed by atoms with Crippen molar-refractivity contribution in [1.29, 1.82) is 0 Å². The van der Waals surface area contributed by atoms with E-state index in [1.165, 1.54) is 19.3 Å². The Morgan fingerprint density at radius 1 is 1.12 bits per heavy atom. The van der Waals surface area contributed by atoms with Gasteiger partial charge in [0.25, 0.3) is 0 Å². The summed E-state index contributed by atoms with van der Waals surface area (Å²) in [6.45, 7) is 13.2. The predicted octanol–water partition coefficient (Wildman–Crippen LogP) is 5.17. The molecule has 0 heterocycles. The van der Waals surface area contributed by atoms with Crippen LogP contribution >= 0.6 is 0 Å². The van der Waals surface area contributed by atoms with Gasteiger partial charge in [0, 0.05) is 0 Å². The molecule has 0 radical (unpaired) electrons. The summed E-state index contributed by atoms with van der Waals surface area (Å²) in [5.74, 6) is 3.00.